The van der Waals surface area contributed by atoms with Crippen molar-refractivity contribution < 1.29 is 14.0 Å². The predicted molar refractivity (Wildman–Crippen MR) is 55.2 cm³/mol. The number of nitrogens with zero attached hydrogens (tertiary/aromatic N) is 2. The molecule has 0 radical (unpaired) electrons. The number of hydrogen-bond donors (Lipinski definition) is 1. The number of rotatable bonds is 2. The Bertz CT molecular complexity index is 538. The molecule has 1 amide bonds. The van der Waals surface area contributed by atoms with E-state index < -0.39 is 5.82 Å². The molecular formula is C10H10FN3O2. The fourth-order valence-corrected chi connectivity index (χ4v) is 1.44. The highest BCUT2D eigenvalue weighted by Crippen LogP contribution is 2.20. The van der Waals surface area contributed by atoms with Gasteiger partial charge in [0.05, 0.1) is 18.9 Å². The standard InChI is InChI=1S/C10H10FN3O2/c1-14(16-2)10(15)6-3-4-8(11)9-7(6)5-12-13-9/h3-5H,1-2H3,(H,12,13). The summed E-state index contributed by atoms with van der Waals surface area (Å²) in [5.74, 6) is -0.794. The largest absolute Gasteiger partial charge is 0.277 e. The molecule has 1 heterocycles. The normalized spacial score (nSPS) is 10.7. The van der Waals surface area contributed by atoms with Gasteiger partial charge in [0.15, 0.2) is 0 Å². The predicted octanol–water partition coefficient (Wildman–Crippen LogP) is 1.34. The number of halogens is 1. The van der Waals surface area contributed by atoms with Gasteiger partial charge in [0.25, 0.3) is 5.91 Å². The van der Waals surface area contributed by atoms with Crippen LogP contribution in [0.15, 0.2) is 18.3 Å². The van der Waals surface area contributed by atoms with Crippen molar-refractivity contribution in [3.63, 3.8) is 0 Å². The smallest absolute Gasteiger partial charge is 0.275 e. The third-order valence-electron chi connectivity index (χ3n) is 2.35. The van der Waals surface area contributed by atoms with Crippen LogP contribution in [0.1, 0.15) is 10.4 Å². The van der Waals surface area contributed by atoms with Crippen LogP contribution in [0.2, 0.25) is 0 Å². The molecule has 16 heavy (non-hydrogen) atoms. The summed E-state index contributed by atoms with van der Waals surface area (Å²) in [6.45, 7) is 0. The van der Waals surface area contributed by atoms with Crippen LogP contribution in [0, 0.1) is 5.82 Å². The maximum Gasteiger partial charge on any atom is 0.277 e. The molecule has 0 aliphatic heterocycles. The second kappa shape index (κ2) is 3.90. The highest BCUT2D eigenvalue weighted by Gasteiger charge is 2.17. The van der Waals surface area contributed by atoms with E-state index in [2.05, 4.69) is 10.2 Å². The molecule has 84 valence electrons. The summed E-state index contributed by atoms with van der Waals surface area (Å²) in [7, 11) is 2.87. The molecule has 0 unspecified atom stereocenters. The van der Waals surface area contributed by atoms with Crippen LogP contribution in [0.3, 0.4) is 0 Å². The fourth-order valence-electron chi connectivity index (χ4n) is 1.44. The number of aromatic amines is 1. The van der Waals surface area contributed by atoms with E-state index in [1.54, 1.807) is 0 Å². The number of H-pyrrole nitrogens is 1. The Balaban J connectivity index is 2.57. The van der Waals surface area contributed by atoms with Gasteiger partial charge in [-0.05, 0) is 12.1 Å². The monoisotopic (exact) mass is 223 g/mol. The number of carbonyl (C=O) groups is 1. The van der Waals surface area contributed by atoms with Gasteiger partial charge in [-0.3, -0.25) is 14.7 Å². The topological polar surface area (TPSA) is 58.2 Å². The first-order valence-corrected chi connectivity index (χ1v) is 4.59. The average Bonchev–Trinajstić information content (AvgIpc) is 2.77. The Labute approximate surface area is 90.8 Å². The second-order valence-corrected chi connectivity index (χ2v) is 3.24. The van der Waals surface area contributed by atoms with Crippen molar-refractivity contribution in [2.75, 3.05) is 14.2 Å². The molecule has 5 nitrogen and oxygen atoms in total. The molecule has 0 aliphatic carbocycles. The number of carbonyl (C=O) groups excluding carboxylic acids is 1. The van der Waals surface area contributed by atoms with E-state index in [4.69, 9.17) is 4.84 Å². The first-order valence-electron chi connectivity index (χ1n) is 4.59. The van der Waals surface area contributed by atoms with E-state index in [1.807, 2.05) is 0 Å². The van der Waals surface area contributed by atoms with Crippen LogP contribution in [0.4, 0.5) is 4.39 Å². The number of nitrogens with one attached hydrogen (secondary N) is 1. The van der Waals surface area contributed by atoms with Gasteiger partial charge in [-0.25, -0.2) is 9.45 Å². The lowest BCUT2D eigenvalue weighted by Crippen LogP contribution is -2.25. The van der Waals surface area contributed by atoms with Gasteiger partial charge in [0, 0.05) is 12.4 Å². The van der Waals surface area contributed by atoms with Gasteiger partial charge < -0.3 is 0 Å². The Morgan fingerprint density at radius 3 is 3.00 bits per heavy atom. The molecule has 0 aliphatic rings. The third kappa shape index (κ3) is 1.53. The Hall–Kier alpha value is -1.95. The van der Waals surface area contributed by atoms with Crippen LogP contribution in [0.25, 0.3) is 10.9 Å². The maximum absolute atomic E-state index is 13.3. The van der Waals surface area contributed by atoms with Crippen LogP contribution >= 0.6 is 0 Å². The maximum atomic E-state index is 13.3. The summed E-state index contributed by atoms with van der Waals surface area (Å²) >= 11 is 0. The molecule has 0 saturated carbocycles. The van der Waals surface area contributed by atoms with Crippen LogP contribution in [-0.4, -0.2) is 35.3 Å². The molecule has 1 aromatic heterocycles. The molecule has 2 aromatic rings. The lowest BCUT2D eigenvalue weighted by atomic mass is 10.1. The molecule has 0 saturated heterocycles. The van der Waals surface area contributed by atoms with Crippen molar-refractivity contribution in [2.24, 2.45) is 0 Å². The third-order valence-corrected chi connectivity index (χ3v) is 2.35. The molecule has 0 spiro atoms. The summed E-state index contributed by atoms with van der Waals surface area (Å²) in [5.41, 5.74) is 0.560. The number of hydrogen-bond acceptors (Lipinski definition) is 3. The van der Waals surface area contributed by atoms with Gasteiger partial charge >= 0.3 is 0 Å². The highest BCUT2D eigenvalue weighted by molar-refractivity contribution is 6.05. The molecule has 1 aromatic carbocycles. The summed E-state index contributed by atoms with van der Waals surface area (Å²) < 4.78 is 13.3. The number of fused-ring (bicyclic) bond motifs is 1. The lowest BCUT2D eigenvalue weighted by Gasteiger charge is -2.13. The van der Waals surface area contributed by atoms with Crippen molar-refractivity contribution in [2.45, 2.75) is 0 Å². The van der Waals surface area contributed by atoms with Gasteiger partial charge in [0.2, 0.25) is 0 Å². The van der Waals surface area contributed by atoms with Crippen LogP contribution < -0.4 is 0 Å². The molecule has 2 rings (SSSR count). The minimum Gasteiger partial charge on any atom is -0.275 e. The minimum atomic E-state index is -0.441. The van der Waals surface area contributed by atoms with E-state index in [9.17, 15) is 9.18 Å². The first kappa shape index (κ1) is 10.6. The molecular weight excluding hydrogens is 213 g/mol. The summed E-state index contributed by atoms with van der Waals surface area (Å²) in [4.78, 5) is 16.6. The van der Waals surface area contributed by atoms with E-state index in [1.165, 1.54) is 32.5 Å². The molecule has 1 N–H and O–H groups in total. The number of amides is 1. The number of aromatic nitrogens is 2. The van der Waals surface area contributed by atoms with E-state index in [0.717, 1.165) is 5.06 Å². The Morgan fingerprint density at radius 1 is 1.56 bits per heavy atom. The molecule has 0 bridgehead atoms. The highest BCUT2D eigenvalue weighted by atomic mass is 19.1. The number of hydroxylamine groups is 2. The first-order chi connectivity index (χ1) is 7.65. The summed E-state index contributed by atoms with van der Waals surface area (Å²) in [6.07, 6.45) is 1.41. The van der Waals surface area contributed by atoms with Crippen molar-refractivity contribution in [1.82, 2.24) is 15.3 Å². The van der Waals surface area contributed by atoms with E-state index in [0.29, 0.717) is 10.9 Å². The van der Waals surface area contributed by atoms with Crippen molar-refractivity contribution in [3.05, 3.63) is 29.7 Å². The summed E-state index contributed by atoms with van der Waals surface area (Å²) in [5, 5.41) is 7.73. The second-order valence-electron chi connectivity index (χ2n) is 3.24. The molecule has 0 fully saturated rings. The van der Waals surface area contributed by atoms with Crippen molar-refractivity contribution in [1.29, 1.82) is 0 Å². The zero-order valence-corrected chi connectivity index (χ0v) is 8.82. The SMILES string of the molecule is CON(C)C(=O)c1ccc(F)c2[nH]ncc12. The van der Waals surface area contributed by atoms with Gasteiger partial charge in [0.1, 0.15) is 11.3 Å². The van der Waals surface area contributed by atoms with Gasteiger partial charge in [-0.1, -0.05) is 0 Å². The van der Waals surface area contributed by atoms with Gasteiger partial charge in [-0.15, -0.1) is 0 Å². The van der Waals surface area contributed by atoms with Crippen LogP contribution in [-0.2, 0) is 4.84 Å². The quantitative estimate of drug-likeness (QED) is 0.781. The Kier molecular flexibility index (Phi) is 2.57. The number of benzene rings is 1. The fraction of sp³-hybridized carbons (Fsp3) is 0.200. The van der Waals surface area contributed by atoms with Crippen molar-refractivity contribution in [3.8, 4) is 0 Å². The van der Waals surface area contributed by atoms with E-state index in [-0.39, 0.29) is 11.4 Å². The zero-order chi connectivity index (χ0) is 11.7. The van der Waals surface area contributed by atoms with E-state index >= 15 is 0 Å². The average molecular weight is 223 g/mol. The lowest BCUT2D eigenvalue weighted by molar-refractivity contribution is -0.0755. The summed E-state index contributed by atoms with van der Waals surface area (Å²) in [6, 6.07) is 2.63. The minimum absolute atomic E-state index is 0.218. The molecule has 0 atom stereocenters. The molecule has 6 heteroatoms. The Morgan fingerprint density at radius 2 is 2.31 bits per heavy atom. The van der Waals surface area contributed by atoms with Crippen LogP contribution in [0.5, 0.6) is 0 Å². The van der Waals surface area contributed by atoms with Crippen molar-refractivity contribution >= 4 is 16.8 Å². The van der Waals surface area contributed by atoms with Gasteiger partial charge in [-0.2, -0.15) is 5.10 Å². The zero-order valence-electron chi connectivity index (χ0n) is 8.82.